The summed E-state index contributed by atoms with van der Waals surface area (Å²) in [6.45, 7) is 4.15. The zero-order chi connectivity index (χ0) is 10.6. The van der Waals surface area contributed by atoms with E-state index in [-0.39, 0.29) is 16.9 Å². The number of hydrogen-bond donors (Lipinski definition) is 0. The maximum Gasteiger partial charge on any atom is 0.151 e. The van der Waals surface area contributed by atoms with E-state index in [1.54, 1.807) is 6.92 Å². The Morgan fingerprint density at radius 1 is 1.50 bits per heavy atom. The molecule has 0 spiro atoms. The Labute approximate surface area is 91.3 Å². The summed E-state index contributed by atoms with van der Waals surface area (Å²) >= 11 is 6.00. The average molecular weight is 240 g/mol. The van der Waals surface area contributed by atoms with Crippen molar-refractivity contribution in [2.45, 2.75) is 25.1 Å². The van der Waals surface area contributed by atoms with Crippen molar-refractivity contribution in [3.63, 3.8) is 0 Å². The molecule has 14 heavy (non-hydrogen) atoms. The van der Waals surface area contributed by atoms with Crippen LogP contribution in [0, 0.1) is 0 Å². The molecule has 0 N–H and O–H groups in total. The molecule has 0 radical (unpaired) electrons. The van der Waals surface area contributed by atoms with Crippen molar-refractivity contribution in [1.29, 1.82) is 0 Å². The highest BCUT2D eigenvalue weighted by atomic mass is 35.5. The van der Waals surface area contributed by atoms with Crippen molar-refractivity contribution < 1.29 is 8.42 Å². The van der Waals surface area contributed by atoms with Gasteiger partial charge in [-0.1, -0.05) is 6.92 Å². The minimum atomic E-state index is -2.82. The Balaban J connectivity index is 2.31. The Morgan fingerprint density at radius 3 is 2.79 bits per heavy atom. The summed E-state index contributed by atoms with van der Waals surface area (Å²) in [6.07, 6.45) is 2.14. The molecule has 1 aliphatic rings. The third-order valence-electron chi connectivity index (χ3n) is 2.61. The van der Waals surface area contributed by atoms with Crippen LogP contribution in [0.3, 0.4) is 0 Å². The van der Waals surface area contributed by atoms with Gasteiger partial charge < -0.3 is 4.90 Å². The van der Waals surface area contributed by atoms with Gasteiger partial charge in [0.1, 0.15) is 0 Å². The Kier molecular flexibility index (Phi) is 4.67. The fourth-order valence-corrected chi connectivity index (χ4v) is 2.79. The van der Waals surface area contributed by atoms with Gasteiger partial charge in [0.25, 0.3) is 0 Å². The summed E-state index contributed by atoms with van der Waals surface area (Å²) < 4.78 is 22.5. The van der Waals surface area contributed by atoms with Crippen molar-refractivity contribution >= 4 is 21.4 Å². The molecule has 1 fully saturated rings. The number of piperidine rings is 1. The highest BCUT2D eigenvalue weighted by Crippen LogP contribution is 2.14. The van der Waals surface area contributed by atoms with Crippen molar-refractivity contribution in [1.82, 2.24) is 4.90 Å². The number of nitrogens with zero attached hydrogens (tertiary/aromatic N) is 1. The minimum absolute atomic E-state index is 0.202. The highest BCUT2D eigenvalue weighted by molar-refractivity contribution is 7.91. The van der Waals surface area contributed by atoms with Crippen LogP contribution in [0.25, 0.3) is 0 Å². The summed E-state index contributed by atoms with van der Waals surface area (Å²) in [6, 6.07) is 0. The van der Waals surface area contributed by atoms with E-state index in [1.165, 1.54) is 0 Å². The molecule has 1 aliphatic heterocycles. The van der Waals surface area contributed by atoms with Gasteiger partial charge in [-0.25, -0.2) is 8.42 Å². The largest absolute Gasteiger partial charge is 0.301 e. The molecule has 84 valence electrons. The molecule has 0 aromatic heterocycles. The molecule has 1 rings (SSSR count). The molecule has 0 aromatic carbocycles. The lowest BCUT2D eigenvalue weighted by Crippen LogP contribution is -2.38. The SMILES string of the molecule is CCS(=O)(=O)CCN1CCCC(Cl)C1. The minimum Gasteiger partial charge on any atom is -0.301 e. The van der Waals surface area contributed by atoms with Crippen LogP contribution in [0.2, 0.25) is 0 Å². The van der Waals surface area contributed by atoms with Crippen LogP contribution in [0.15, 0.2) is 0 Å². The van der Waals surface area contributed by atoms with Crippen LogP contribution in [0.4, 0.5) is 0 Å². The molecule has 0 aliphatic carbocycles. The number of halogens is 1. The lowest BCUT2D eigenvalue weighted by molar-refractivity contribution is 0.244. The van der Waals surface area contributed by atoms with Crippen LogP contribution in [0.5, 0.6) is 0 Å². The van der Waals surface area contributed by atoms with Crippen molar-refractivity contribution in [2.75, 3.05) is 31.1 Å². The van der Waals surface area contributed by atoms with Gasteiger partial charge in [0, 0.05) is 24.2 Å². The summed E-state index contributed by atoms with van der Waals surface area (Å²) in [5.74, 6) is 0.512. The Morgan fingerprint density at radius 2 is 2.21 bits per heavy atom. The second kappa shape index (κ2) is 5.33. The average Bonchev–Trinajstić information content (AvgIpc) is 2.15. The molecule has 1 heterocycles. The van der Waals surface area contributed by atoms with Crippen molar-refractivity contribution in [2.24, 2.45) is 0 Å². The van der Waals surface area contributed by atoms with E-state index < -0.39 is 9.84 Å². The van der Waals surface area contributed by atoms with Crippen LogP contribution >= 0.6 is 11.6 Å². The number of sulfone groups is 1. The fourth-order valence-electron chi connectivity index (χ4n) is 1.61. The number of alkyl halides is 1. The molecule has 0 aromatic rings. The fraction of sp³-hybridized carbons (Fsp3) is 1.00. The normalized spacial score (nSPS) is 25.1. The Bertz CT molecular complexity index is 266. The first kappa shape index (κ1) is 12.3. The maximum atomic E-state index is 11.3. The van der Waals surface area contributed by atoms with E-state index >= 15 is 0 Å². The number of likely N-dealkylation sites (tertiary alicyclic amines) is 1. The summed E-state index contributed by atoms with van der Waals surface area (Å²) in [7, 11) is -2.82. The van der Waals surface area contributed by atoms with E-state index in [0.717, 1.165) is 25.9 Å². The van der Waals surface area contributed by atoms with Gasteiger partial charge in [0.15, 0.2) is 9.84 Å². The second-order valence-corrected chi connectivity index (χ2v) is 6.87. The van der Waals surface area contributed by atoms with E-state index in [1.807, 2.05) is 0 Å². The predicted molar refractivity (Wildman–Crippen MR) is 59.6 cm³/mol. The van der Waals surface area contributed by atoms with E-state index in [0.29, 0.717) is 6.54 Å². The molecule has 1 atom stereocenters. The van der Waals surface area contributed by atoms with Gasteiger partial charge in [-0.05, 0) is 19.4 Å². The Hall–Kier alpha value is 0.200. The molecule has 1 unspecified atom stereocenters. The molecule has 3 nitrogen and oxygen atoms in total. The first-order chi connectivity index (χ1) is 6.53. The smallest absolute Gasteiger partial charge is 0.151 e. The molecule has 0 saturated carbocycles. The quantitative estimate of drug-likeness (QED) is 0.691. The van der Waals surface area contributed by atoms with Crippen molar-refractivity contribution in [3.05, 3.63) is 0 Å². The topological polar surface area (TPSA) is 37.4 Å². The van der Waals surface area contributed by atoms with Crippen LogP contribution in [-0.4, -0.2) is 49.8 Å². The first-order valence-electron chi connectivity index (χ1n) is 5.10. The second-order valence-electron chi connectivity index (χ2n) is 3.78. The highest BCUT2D eigenvalue weighted by Gasteiger charge is 2.19. The van der Waals surface area contributed by atoms with Gasteiger partial charge in [0.05, 0.1) is 5.75 Å². The van der Waals surface area contributed by atoms with Gasteiger partial charge in [0.2, 0.25) is 0 Å². The van der Waals surface area contributed by atoms with Crippen molar-refractivity contribution in [3.8, 4) is 0 Å². The van der Waals surface area contributed by atoms with Gasteiger partial charge in [-0.2, -0.15) is 0 Å². The molecule has 0 bridgehead atoms. The number of rotatable bonds is 4. The third-order valence-corrected chi connectivity index (χ3v) is 4.65. The van der Waals surface area contributed by atoms with Gasteiger partial charge in [-0.3, -0.25) is 0 Å². The molecule has 1 saturated heterocycles. The van der Waals surface area contributed by atoms with Crippen LogP contribution in [-0.2, 0) is 9.84 Å². The van der Waals surface area contributed by atoms with Crippen LogP contribution in [0.1, 0.15) is 19.8 Å². The first-order valence-corrected chi connectivity index (χ1v) is 7.36. The summed E-state index contributed by atoms with van der Waals surface area (Å²) in [5.41, 5.74) is 0. The lowest BCUT2D eigenvalue weighted by atomic mass is 10.1. The lowest BCUT2D eigenvalue weighted by Gasteiger charge is -2.29. The molecule has 5 heteroatoms. The monoisotopic (exact) mass is 239 g/mol. The third kappa shape index (κ3) is 4.15. The van der Waals surface area contributed by atoms with E-state index in [2.05, 4.69) is 4.90 Å². The molecular formula is C9H18ClNO2S. The predicted octanol–water partition coefficient (Wildman–Crippen LogP) is 1.12. The molecule has 0 amide bonds. The zero-order valence-corrected chi connectivity index (χ0v) is 10.1. The molecular weight excluding hydrogens is 222 g/mol. The van der Waals surface area contributed by atoms with Crippen LogP contribution < -0.4 is 0 Å². The number of hydrogen-bond acceptors (Lipinski definition) is 3. The summed E-state index contributed by atoms with van der Waals surface area (Å²) in [5, 5.41) is 0.202. The standard InChI is InChI=1S/C9H18ClNO2S/c1-2-14(12,13)7-6-11-5-3-4-9(10)8-11/h9H,2-8H2,1H3. The van der Waals surface area contributed by atoms with Gasteiger partial charge >= 0.3 is 0 Å². The van der Waals surface area contributed by atoms with E-state index in [4.69, 9.17) is 11.6 Å². The maximum absolute atomic E-state index is 11.3. The summed E-state index contributed by atoms with van der Waals surface area (Å²) in [4.78, 5) is 2.15. The van der Waals surface area contributed by atoms with E-state index in [9.17, 15) is 8.42 Å². The van der Waals surface area contributed by atoms with Gasteiger partial charge in [-0.15, -0.1) is 11.6 Å². The zero-order valence-electron chi connectivity index (χ0n) is 8.58.